The van der Waals surface area contributed by atoms with Gasteiger partial charge in [-0.1, -0.05) is 0 Å². The Bertz CT molecular complexity index is 634. The molecule has 1 saturated heterocycles. The Morgan fingerprint density at radius 3 is 2.84 bits per heavy atom. The van der Waals surface area contributed by atoms with Crippen LogP contribution in [0.3, 0.4) is 0 Å². The Morgan fingerprint density at radius 1 is 1.42 bits per heavy atom. The van der Waals surface area contributed by atoms with Gasteiger partial charge >= 0.3 is 0 Å². The number of nitrogens with one attached hydrogen (secondary N) is 1. The smallest absolute Gasteiger partial charge is 0.294 e. The zero-order valence-corrected chi connectivity index (χ0v) is 11.4. The maximum atomic E-state index is 11.3. The Labute approximate surface area is 114 Å². The molecular formula is C12H14N4O2S. The molecule has 6 nitrogen and oxygen atoms in total. The van der Waals surface area contributed by atoms with E-state index in [0.29, 0.717) is 5.69 Å². The average molecular weight is 278 g/mol. The fourth-order valence-corrected chi connectivity index (χ4v) is 3.21. The number of hydrogen-bond donors (Lipinski definition) is 1. The van der Waals surface area contributed by atoms with E-state index in [9.17, 15) is 10.1 Å². The molecule has 0 amide bonds. The quantitative estimate of drug-likeness (QED) is 0.671. The van der Waals surface area contributed by atoms with Gasteiger partial charge in [-0.3, -0.25) is 10.1 Å². The van der Waals surface area contributed by atoms with Crippen LogP contribution in [0.15, 0.2) is 12.1 Å². The number of thiazole rings is 1. The molecule has 2 heterocycles. The zero-order valence-electron chi connectivity index (χ0n) is 10.5. The van der Waals surface area contributed by atoms with E-state index in [-0.39, 0.29) is 10.6 Å². The Hall–Kier alpha value is -1.73. The zero-order chi connectivity index (χ0) is 13.4. The minimum absolute atomic E-state index is 0.179. The van der Waals surface area contributed by atoms with Gasteiger partial charge in [0.25, 0.3) is 5.69 Å². The van der Waals surface area contributed by atoms with Crippen molar-refractivity contribution in [1.82, 2.24) is 10.3 Å². The Kier molecular flexibility index (Phi) is 3.08. The number of aromatic nitrogens is 1. The van der Waals surface area contributed by atoms with Crippen molar-refractivity contribution < 1.29 is 4.92 Å². The van der Waals surface area contributed by atoms with Gasteiger partial charge in [-0.25, -0.2) is 4.98 Å². The fraction of sp³-hybridized carbons (Fsp3) is 0.417. The lowest BCUT2D eigenvalue weighted by atomic mass is 10.2. The summed E-state index contributed by atoms with van der Waals surface area (Å²) in [7, 11) is 0. The molecule has 7 heteroatoms. The maximum Gasteiger partial charge on any atom is 0.294 e. The predicted molar refractivity (Wildman–Crippen MR) is 76.1 cm³/mol. The highest BCUT2D eigenvalue weighted by atomic mass is 32.1. The van der Waals surface area contributed by atoms with Crippen LogP contribution in [0.5, 0.6) is 0 Å². The molecule has 19 heavy (non-hydrogen) atoms. The van der Waals surface area contributed by atoms with Gasteiger partial charge in [0.05, 0.1) is 20.1 Å². The minimum atomic E-state index is -0.300. The van der Waals surface area contributed by atoms with E-state index < -0.39 is 0 Å². The molecule has 3 rings (SSSR count). The van der Waals surface area contributed by atoms with Gasteiger partial charge in [0.2, 0.25) is 0 Å². The van der Waals surface area contributed by atoms with E-state index in [4.69, 9.17) is 0 Å². The molecule has 0 spiro atoms. The third kappa shape index (κ3) is 2.26. The molecule has 0 unspecified atom stereocenters. The summed E-state index contributed by atoms with van der Waals surface area (Å²) >= 11 is 1.49. The van der Waals surface area contributed by atoms with E-state index in [0.717, 1.165) is 41.4 Å². The molecule has 0 radical (unpaired) electrons. The van der Waals surface area contributed by atoms with Crippen molar-refractivity contribution in [2.24, 2.45) is 0 Å². The number of nitro groups is 1. The first-order valence-corrected chi connectivity index (χ1v) is 6.98. The summed E-state index contributed by atoms with van der Waals surface area (Å²) in [6.45, 7) is 5.20. The third-order valence-electron chi connectivity index (χ3n) is 3.25. The number of aryl methyl sites for hydroxylation is 1. The van der Waals surface area contributed by atoms with Gasteiger partial charge in [0.1, 0.15) is 5.69 Å². The van der Waals surface area contributed by atoms with Gasteiger partial charge in [-0.15, -0.1) is 11.3 Å². The molecule has 1 fully saturated rings. The number of anilines is 1. The van der Waals surface area contributed by atoms with E-state index in [1.54, 1.807) is 6.07 Å². The van der Waals surface area contributed by atoms with Crippen molar-refractivity contribution in [3.05, 3.63) is 27.3 Å². The standard InChI is InChI=1S/C12H14N4O2S/c1-8-14-9-6-10(15-4-2-13-3-5-15)11(16(17)18)7-12(9)19-8/h6-7,13H,2-5H2,1H3. The van der Waals surface area contributed by atoms with E-state index in [1.165, 1.54) is 11.3 Å². The number of nitrogens with zero attached hydrogens (tertiary/aromatic N) is 3. The molecule has 2 aromatic rings. The van der Waals surface area contributed by atoms with Crippen LogP contribution in [0.2, 0.25) is 0 Å². The molecule has 100 valence electrons. The second-order valence-corrected chi connectivity index (χ2v) is 5.77. The van der Waals surface area contributed by atoms with Crippen molar-refractivity contribution in [2.75, 3.05) is 31.1 Å². The SMILES string of the molecule is Cc1nc2cc(N3CCNCC3)c([N+](=O)[O-])cc2s1. The van der Waals surface area contributed by atoms with Crippen molar-refractivity contribution >= 4 is 32.9 Å². The lowest BCUT2D eigenvalue weighted by molar-refractivity contribution is -0.384. The second kappa shape index (κ2) is 4.75. The topological polar surface area (TPSA) is 71.3 Å². The summed E-state index contributed by atoms with van der Waals surface area (Å²) in [5.74, 6) is 0. The van der Waals surface area contributed by atoms with Crippen LogP contribution in [0.1, 0.15) is 5.01 Å². The Balaban J connectivity index is 2.13. The molecule has 1 aliphatic heterocycles. The summed E-state index contributed by atoms with van der Waals surface area (Å²) in [6.07, 6.45) is 0. The van der Waals surface area contributed by atoms with Crippen molar-refractivity contribution in [3.63, 3.8) is 0 Å². The van der Waals surface area contributed by atoms with Crippen molar-refractivity contribution in [2.45, 2.75) is 6.92 Å². The number of hydrogen-bond acceptors (Lipinski definition) is 6. The van der Waals surface area contributed by atoms with Crippen molar-refractivity contribution in [1.29, 1.82) is 0 Å². The second-order valence-electron chi connectivity index (χ2n) is 4.54. The van der Waals surface area contributed by atoms with Crippen LogP contribution >= 0.6 is 11.3 Å². The molecule has 0 bridgehead atoms. The molecule has 1 aliphatic rings. The molecule has 1 N–H and O–H groups in total. The predicted octanol–water partition coefficient (Wildman–Crippen LogP) is 1.92. The monoisotopic (exact) mass is 278 g/mol. The van der Waals surface area contributed by atoms with Crippen LogP contribution in [0.25, 0.3) is 10.2 Å². The van der Waals surface area contributed by atoms with Gasteiger partial charge in [-0.05, 0) is 13.0 Å². The van der Waals surface area contributed by atoms with Crippen LogP contribution in [-0.4, -0.2) is 36.1 Å². The molecule has 0 atom stereocenters. The summed E-state index contributed by atoms with van der Waals surface area (Å²) in [5, 5.41) is 15.4. The summed E-state index contributed by atoms with van der Waals surface area (Å²) in [5.41, 5.74) is 1.71. The average Bonchev–Trinajstić information content (AvgIpc) is 2.77. The van der Waals surface area contributed by atoms with E-state index in [1.807, 2.05) is 13.0 Å². The van der Waals surface area contributed by atoms with Gasteiger partial charge in [0.15, 0.2) is 0 Å². The summed E-state index contributed by atoms with van der Waals surface area (Å²) < 4.78 is 0.878. The third-order valence-corrected chi connectivity index (χ3v) is 4.18. The van der Waals surface area contributed by atoms with Gasteiger partial charge in [0, 0.05) is 32.2 Å². The highest BCUT2D eigenvalue weighted by molar-refractivity contribution is 7.18. The minimum Gasteiger partial charge on any atom is -0.363 e. The van der Waals surface area contributed by atoms with E-state index in [2.05, 4.69) is 15.2 Å². The molecule has 0 aliphatic carbocycles. The van der Waals surface area contributed by atoms with Crippen molar-refractivity contribution in [3.8, 4) is 0 Å². The number of fused-ring (bicyclic) bond motifs is 1. The number of rotatable bonds is 2. The first-order valence-electron chi connectivity index (χ1n) is 6.16. The summed E-state index contributed by atoms with van der Waals surface area (Å²) in [4.78, 5) is 17.4. The number of benzene rings is 1. The van der Waals surface area contributed by atoms with Gasteiger partial charge in [-0.2, -0.15) is 0 Å². The first kappa shape index (κ1) is 12.3. The normalized spacial score (nSPS) is 15.9. The number of nitro benzene ring substituents is 1. The largest absolute Gasteiger partial charge is 0.363 e. The summed E-state index contributed by atoms with van der Waals surface area (Å²) in [6, 6.07) is 3.50. The maximum absolute atomic E-state index is 11.3. The van der Waals surface area contributed by atoms with Crippen LogP contribution < -0.4 is 10.2 Å². The fourth-order valence-electron chi connectivity index (χ4n) is 2.37. The van der Waals surface area contributed by atoms with Gasteiger partial charge < -0.3 is 10.2 Å². The molecule has 1 aromatic carbocycles. The lowest BCUT2D eigenvalue weighted by Crippen LogP contribution is -2.43. The van der Waals surface area contributed by atoms with E-state index >= 15 is 0 Å². The Morgan fingerprint density at radius 2 is 2.16 bits per heavy atom. The highest BCUT2D eigenvalue weighted by Gasteiger charge is 2.22. The highest BCUT2D eigenvalue weighted by Crippen LogP contribution is 2.35. The van der Waals surface area contributed by atoms with Crippen LogP contribution in [0.4, 0.5) is 11.4 Å². The lowest BCUT2D eigenvalue weighted by Gasteiger charge is -2.28. The molecule has 1 aromatic heterocycles. The first-order chi connectivity index (χ1) is 9.15. The van der Waals surface area contributed by atoms with Crippen LogP contribution in [-0.2, 0) is 0 Å². The number of piperazine rings is 1. The molecule has 0 saturated carbocycles. The van der Waals surface area contributed by atoms with Crippen LogP contribution in [0, 0.1) is 17.0 Å². The molecular weight excluding hydrogens is 264 g/mol.